The summed E-state index contributed by atoms with van der Waals surface area (Å²) in [5.74, 6) is 1.35. The number of nitrogens with one attached hydrogen (secondary N) is 2. The third-order valence-corrected chi connectivity index (χ3v) is 6.61. The second-order valence-corrected chi connectivity index (χ2v) is 9.06. The Morgan fingerprint density at radius 1 is 0.974 bits per heavy atom. The van der Waals surface area contributed by atoms with E-state index in [0.29, 0.717) is 17.8 Å². The van der Waals surface area contributed by atoms with Gasteiger partial charge in [0.05, 0.1) is 44.9 Å². The molecule has 10 heteroatoms. The molecule has 2 aromatic carbocycles. The molecule has 0 atom stereocenters. The second kappa shape index (κ2) is 11.7. The summed E-state index contributed by atoms with van der Waals surface area (Å²) in [6, 6.07) is 15.1. The fourth-order valence-corrected chi connectivity index (χ4v) is 4.53. The highest BCUT2D eigenvalue weighted by molar-refractivity contribution is 6.05. The van der Waals surface area contributed by atoms with Gasteiger partial charge in [-0.2, -0.15) is 0 Å². The molecule has 0 saturated heterocycles. The van der Waals surface area contributed by atoms with Crippen LogP contribution in [0.3, 0.4) is 0 Å². The zero-order valence-corrected chi connectivity index (χ0v) is 21.6. The molecule has 0 aliphatic carbocycles. The molecule has 1 aliphatic rings. The van der Waals surface area contributed by atoms with Crippen molar-refractivity contribution in [2.45, 2.75) is 26.1 Å². The van der Waals surface area contributed by atoms with Crippen LogP contribution < -0.4 is 20.1 Å². The number of rotatable bonds is 10. The van der Waals surface area contributed by atoms with Crippen molar-refractivity contribution < 1.29 is 14.3 Å². The quantitative estimate of drug-likeness (QED) is 0.331. The Kier molecular flexibility index (Phi) is 7.79. The minimum Gasteiger partial charge on any atom is -0.493 e. The Labute approximate surface area is 221 Å². The Balaban J connectivity index is 1.14. The number of amides is 1. The number of anilines is 2. The molecule has 0 unspecified atom stereocenters. The average Bonchev–Trinajstić information content (AvgIpc) is 3.43. The van der Waals surface area contributed by atoms with Crippen molar-refractivity contribution in [2.24, 2.45) is 0 Å². The first-order valence-corrected chi connectivity index (χ1v) is 12.5. The number of carbonyl (C=O) groups is 1. The van der Waals surface area contributed by atoms with Crippen molar-refractivity contribution >= 4 is 17.3 Å². The molecule has 38 heavy (non-hydrogen) atoms. The Morgan fingerprint density at radius 2 is 1.71 bits per heavy atom. The summed E-state index contributed by atoms with van der Waals surface area (Å²) in [4.78, 5) is 18.9. The molecule has 0 bridgehead atoms. The number of carbonyl (C=O) groups excluding carboxylic acids is 1. The van der Waals surface area contributed by atoms with Crippen molar-refractivity contribution in [1.82, 2.24) is 24.9 Å². The lowest BCUT2D eigenvalue weighted by Gasteiger charge is -2.29. The first-order chi connectivity index (χ1) is 18.6. The standard InChI is InChI=1S/C28H31N7O3/c1-37-26-15-21-9-12-34(18-22(21)16-27(26)38-2)13-14-35-19-23(32-33-35)17-30-24-5-3-4-6-25(24)31-28(36)20-7-10-29-11-8-20/h3-8,10-11,15-16,19,30H,9,12-14,17-18H2,1-2H3,(H,31,36). The lowest BCUT2D eigenvalue weighted by molar-refractivity contribution is 0.102. The molecule has 1 amide bonds. The van der Waals surface area contributed by atoms with Crippen LogP contribution in [-0.2, 0) is 26.1 Å². The van der Waals surface area contributed by atoms with Crippen LogP contribution in [0.15, 0.2) is 67.1 Å². The fourth-order valence-electron chi connectivity index (χ4n) is 4.53. The molecule has 3 heterocycles. The van der Waals surface area contributed by atoms with E-state index in [-0.39, 0.29) is 5.91 Å². The monoisotopic (exact) mass is 513 g/mol. The number of hydrogen-bond acceptors (Lipinski definition) is 8. The van der Waals surface area contributed by atoms with Gasteiger partial charge in [-0.05, 0) is 53.9 Å². The van der Waals surface area contributed by atoms with Crippen LogP contribution >= 0.6 is 0 Å². The van der Waals surface area contributed by atoms with E-state index in [1.165, 1.54) is 11.1 Å². The molecule has 2 N–H and O–H groups in total. The van der Waals surface area contributed by atoms with Crippen LogP contribution in [0.1, 0.15) is 27.2 Å². The van der Waals surface area contributed by atoms with Gasteiger partial charge in [-0.1, -0.05) is 17.3 Å². The van der Waals surface area contributed by atoms with E-state index in [1.807, 2.05) is 35.1 Å². The number of aromatic nitrogens is 4. The molecule has 196 valence electrons. The zero-order valence-electron chi connectivity index (χ0n) is 21.6. The van der Waals surface area contributed by atoms with E-state index >= 15 is 0 Å². The van der Waals surface area contributed by atoms with E-state index < -0.39 is 0 Å². The summed E-state index contributed by atoms with van der Waals surface area (Å²) in [7, 11) is 3.33. The first-order valence-electron chi connectivity index (χ1n) is 12.5. The van der Waals surface area contributed by atoms with Gasteiger partial charge in [-0.25, -0.2) is 0 Å². The maximum Gasteiger partial charge on any atom is 0.255 e. The lowest BCUT2D eigenvalue weighted by Crippen LogP contribution is -2.33. The van der Waals surface area contributed by atoms with Crippen LogP contribution in [-0.4, -0.2) is 58.1 Å². The van der Waals surface area contributed by atoms with Crippen LogP contribution in [0.25, 0.3) is 0 Å². The highest BCUT2D eigenvalue weighted by Crippen LogP contribution is 2.33. The predicted molar refractivity (Wildman–Crippen MR) is 145 cm³/mol. The molecular formula is C28H31N7O3. The summed E-state index contributed by atoms with van der Waals surface area (Å²) in [5.41, 5.74) is 5.46. The van der Waals surface area contributed by atoms with Crippen molar-refractivity contribution in [1.29, 1.82) is 0 Å². The summed E-state index contributed by atoms with van der Waals surface area (Å²) < 4.78 is 12.8. The van der Waals surface area contributed by atoms with Crippen molar-refractivity contribution in [3.05, 3.63) is 89.5 Å². The van der Waals surface area contributed by atoms with Gasteiger partial charge >= 0.3 is 0 Å². The molecule has 1 aliphatic heterocycles. The molecule has 0 saturated carbocycles. The van der Waals surface area contributed by atoms with Crippen molar-refractivity contribution in [3.8, 4) is 11.5 Å². The van der Waals surface area contributed by atoms with E-state index in [9.17, 15) is 4.79 Å². The van der Waals surface area contributed by atoms with Gasteiger partial charge in [0.1, 0.15) is 5.69 Å². The van der Waals surface area contributed by atoms with Crippen molar-refractivity contribution in [2.75, 3.05) is 37.9 Å². The number of hydrogen-bond donors (Lipinski definition) is 2. The number of benzene rings is 2. The number of fused-ring (bicyclic) bond motifs is 1. The van der Waals surface area contributed by atoms with E-state index in [2.05, 4.69) is 43.0 Å². The minimum absolute atomic E-state index is 0.189. The Hall–Kier alpha value is -4.44. The lowest BCUT2D eigenvalue weighted by atomic mass is 9.99. The Bertz CT molecular complexity index is 1390. The van der Waals surface area contributed by atoms with Gasteiger partial charge in [-0.15, -0.1) is 5.10 Å². The van der Waals surface area contributed by atoms with Crippen molar-refractivity contribution in [3.63, 3.8) is 0 Å². The van der Waals surface area contributed by atoms with Gasteiger partial charge in [0.2, 0.25) is 0 Å². The topological polar surface area (TPSA) is 106 Å². The predicted octanol–water partition coefficient (Wildman–Crippen LogP) is 3.61. The second-order valence-electron chi connectivity index (χ2n) is 9.06. The van der Waals surface area contributed by atoms with Crippen LogP contribution in [0, 0.1) is 0 Å². The SMILES string of the molecule is COc1cc2c(cc1OC)CN(CCn1cc(CNc3ccccc3NC(=O)c3ccncc3)nn1)CC2. The molecule has 4 aromatic rings. The molecule has 2 aromatic heterocycles. The number of methoxy groups -OCH3 is 2. The van der Waals surface area contributed by atoms with Crippen LogP contribution in [0.4, 0.5) is 11.4 Å². The highest BCUT2D eigenvalue weighted by Gasteiger charge is 2.19. The molecule has 5 rings (SSSR count). The van der Waals surface area contributed by atoms with E-state index in [0.717, 1.165) is 55.5 Å². The molecule has 0 radical (unpaired) electrons. The van der Waals surface area contributed by atoms with Gasteiger partial charge < -0.3 is 20.1 Å². The van der Waals surface area contributed by atoms with Gasteiger partial charge in [-0.3, -0.25) is 19.4 Å². The van der Waals surface area contributed by atoms with Gasteiger partial charge in [0.15, 0.2) is 11.5 Å². The minimum atomic E-state index is -0.189. The maximum atomic E-state index is 12.6. The van der Waals surface area contributed by atoms with Crippen LogP contribution in [0.5, 0.6) is 11.5 Å². The van der Waals surface area contributed by atoms with E-state index in [4.69, 9.17) is 9.47 Å². The molecule has 0 fully saturated rings. The number of pyridine rings is 1. The Morgan fingerprint density at radius 3 is 2.47 bits per heavy atom. The highest BCUT2D eigenvalue weighted by atomic mass is 16.5. The average molecular weight is 514 g/mol. The smallest absolute Gasteiger partial charge is 0.255 e. The maximum absolute atomic E-state index is 12.6. The van der Waals surface area contributed by atoms with Gasteiger partial charge in [0.25, 0.3) is 5.91 Å². The number of nitrogens with zero attached hydrogens (tertiary/aromatic N) is 5. The first kappa shape index (κ1) is 25.2. The summed E-state index contributed by atoms with van der Waals surface area (Å²) in [6.45, 7) is 3.94. The molecular weight excluding hydrogens is 482 g/mol. The van der Waals surface area contributed by atoms with Gasteiger partial charge in [0, 0.05) is 37.6 Å². The van der Waals surface area contributed by atoms with E-state index in [1.54, 1.807) is 38.7 Å². The summed E-state index contributed by atoms with van der Waals surface area (Å²) in [5, 5.41) is 14.9. The third kappa shape index (κ3) is 5.92. The summed E-state index contributed by atoms with van der Waals surface area (Å²) in [6.07, 6.45) is 6.12. The number of ether oxygens (including phenoxy) is 2. The largest absolute Gasteiger partial charge is 0.493 e. The summed E-state index contributed by atoms with van der Waals surface area (Å²) >= 11 is 0. The molecule has 10 nitrogen and oxygen atoms in total. The number of para-hydroxylation sites is 2. The zero-order chi connectivity index (χ0) is 26.3. The molecule has 0 spiro atoms. The third-order valence-electron chi connectivity index (χ3n) is 6.61. The fraction of sp³-hybridized carbons (Fsp3) is 0.286. The van der Waals surface area contributed by atoms with Crippen LogP contribution in [0.2, 0.25) is 0 Å². The normalized spacial score (nSPS) is 13.0.